The van der Waals surface area contributed by atoms with Crippen LogP contribution in [0.3, 0.4) is 0 Å². The lowest BCUT2D eigenvalue weighted by Gasteiger charge is -2.33. The lowest BCUT2D eigenvalue weighted by atomic mass is 10.2. The zero-order valence-electron chi connectivity index (χ0n) is 19.0. The molecule has 1 heterocycles. The summed E-state index contributed by atoms with van der Waals surface area (Å²) in [4.78, 5) is 39.4. The van der Waals surface area contributed by atoms with Crippen molar-refractivity contribution in [3.8, 4) is 5.75 Å². The Kier molecular flexibility index (Phi) is 8.48. The van der Waals surface area contributed by atoms with Crippen LogP contribution in [0.5, 0.6) is 5.75 Å². The Morgan fingerprint density at radius 1 is 0.914 bits per heavy atom. The van der Waals surface area contributed by atoms with Crippen molar-refractivity contribution in [1.82, 2.24) is 9.80 Å². The average molecular weight is 490 g/mol. The molecule has 2 N–H and O–H groups in total. The summed E-state index contributed by atoms with van der Waals surface area (Å²) in [6.07, 6.45) is -1.59. The molecule has 0 aliphatic carbocycles. The van der Waals surface area contributed by atoms with Crippen LogP contribution in [0, 0.1) is 0 Å². The summed E-state index contributed by atoms with van der Waals surface area (Å²) in [6, 6.07) is 12.0. The Hall–Kier alpha value is -3.86. The van der Waals surface area contributed by atoms with Gasteiger partial charge in [-0.2, -0.15) is 0 Å². The molecular weight excluding hydrogens is 465 g/mol. The minimum atomic E-state index is -4.77. The van der Waals surface area contributed by atoms with Crippen molar-refractivity contribution in [2.75, 3.05) is 43.4 Å². The summed E-state index contributed by atoms with van der Waals surface area (Å²) in [6.45, 7) is 3.47. The highest BCUT2D eigenvalue weighted by Gasteiger charge is 2.31. The molecule has 1 aliphatic heterocycles. The second-order valence-electron chi connectivity index (χ2n) is 7.86. The highest BCUT2D eigenvalue weighted by Crippen LogP contribution is 2.24. The topological polar surface area (TPSA) is 91.0 Å². The number of anilines is 2. The lowest BCUT2D eigenvalue weighted by Crippen LogP contribution is -2.50. The Morgan fingerprint density at radius 2 is 1.49 bits per heavy atom. The minimum Gasteiger partial charge on any atom is -0.406 e. The van der Waals surface area contributed by atoms with Crippen LogP contribution in [0.15, 0.2) is 54.6 Å². The molecule has 0 saturated carbocycles. The van der Waals surface area contributed by atoms with Gasteiger partial charge in [-0.05, 0) is 48.0 Å². The number of amides is 3. The number of nitrogens with zero attached hydrogens (tertiary/aromatic N) is 2. The molecule has 1 aliphatic rings. The first-order valence-corrected chi connectivity index (χ1v) is 10.8. The van der Waals surface area contributed by atoms with Gasteiger partial charge in [0.25, 0.3) is 0 Å². The molecule has 0 radical (unpaired) electrons. The molecule has 0 aromatic heterocycles. The number of hydrogen-bond acceptors (Lipinski definition) is 5. The number of hydrogen-bond donors (Lipinski definition) is 2. The SMILES string of the molecule is CC(=O)Nc1ccc(/C=C/C(=O)N2CCN(CC(=O)Nc3ccc(OC(F)(F)F)cc3)CC2)cc1. The number of ether oxygens (including phenoxy) is 1. The first-order valence-electron chi connectivity index (χ1n) is 10.8. The van der Waals surface area contributed by atoms with Crippen molar-refractivity contribution in [3.63, 3.8) is 0 Å². The van der Waals surface area contributed by atoms with Crippen LogP contribution in [0.2, 0.25) is 0 Å². The second kappa shape index (κ2) is 11.5. The monoisotopic (exact) mass is 490 g/mol. The van der Waals surface area contributed by atoms with Gasteiger partial charge in [-0.1, -0.05) is 12.1 Å². The van der Waals surface area contributed by atoms with Gasteiger partial charge in [-0.15, -0.1) is 13.2 Å². The van der Waals surface area contributed by atoms with E-state index in [9.17, 15) is 27.6 Å². The van der Waals surface area contributed by atoms with Gasteiger partial charge in [0.2, 0.25) is 17.7 Å². The third-order valence-electron chi connectivity index (χ3n) is 5.07. The molecule has 2 aromatic carbocycles. The van der Waals surface area contributed by atoms with Crippen molar-refractivity contribution in [3.05, 3.63) is 60.2 Å². The molecule has 11 heteroatoms. The largest absolute Gasteiger partial charge is 0.573 e. The first kappa shape index (κ1) is 25.8. The fourth-order valence-corrected chi connectivity index (χ4v) is 3.42. The number of rotatable bonds is 7. The minimum absolute atomic E-state index is 0.0965. The van der Waals surface area contributed by atoms with Crippen LogP contribution < -0.4 is 15.4 Å². The van der Waals surface area contributed by atoms with E-state index in [1.165, 1.54) is 25.1 Å². The molecule has 3 rings (SSSR count). The smallest absolute Gasteiger partial charge is 0.406 e. The van der Waals surface area contributed by atoms with Gasteiger partial charge in [0, 0.05) is 50.6 Å². The van der Waals surface area contributed by atoms with E-state index < -0.39 is 6.36 Å². The summed E-state index contributed by atoms with van der Waals surface area (Å²) in [7, 11) is 0. The van der Waals surface area contributed by atoms with Gasteiger partial charge in [-0.25, -0.2) is 0 Å². The normalized spacial score (nSPS) is 14.6. The quantitative estimate of drug-likeness (QED) is 0.581. The number of nitrogens with one attached hydrogen (secondary N) is 2. The van der Waals surface area contributed by atoms with Crippen LogP contribution in [0.25, 0.3) is 6.08 Å². The van der Waals surface area contributed by atoms with Gasteiger partial charge >= 0.3 is 6.36 Å². The maximum absolute atomic E-state index is 12.5. The summed E-state index contributed by atoms with van der Waals surface area (Å²) < 4.78 is 40.5. The standard InChI is InChI=1S/C24H25F3N4O4/c1-17(32)28-19-5-2-18(3-6-19)4-11-23(34)31-14-12-30(13-15-31)16-22(33)29-20-7-9-21(10-8-20)35-24(25,26)27/h2-11H,12-16H2,1H3,(H,28,32)(H,29,33)/b11-4+. The van der Waals surface area contributed by atoms with Crippen LogP contribution in [-0.2, 0) is 14.4 Å². The van der Waals surface area contributed by atoms with Crippen molar-refractivity contribution >= 4 is 35.2 Å². The molecule has 1 saturated heterocycles. The van der Waals surface area contributed by atoms with E-state index in [-0.39, 0.29) is 30.0 Å². The maximum atomic E-state index is 12.5. The molecule has 0 atom stereocenters. The molecule has 1 fully saturated rings. The van der Waals surface area contributed by atoms with Gasteiger partial charge in [0.05, 0.1) is 6.54 Å². The van der Waals surface area contributed by atoms with Crippen molar-refractivity contribution < 1.29 is 32.3 Å². The molecule has 0 bridgehead atoms. The molecule has 3 amide bonds. The molecule has 8 nitrogen and oxygen atoms in total. The predicted molar refractivity (Wildman–Crippen MR) is 125 cm³/mol. The molecule has 186 valence electrons. The van der Waals surface area contributed by atoms with Crippen molar-refractivity contribution in [1.29, 1.82) is 0 Å². The summed E-state index contributed by atoms with van der Waals surface area (Å²) in [5, 5.41) is 5.31. The molecule has 0 unspecified atom stereocenters. The summed E-state index contributed by atoms with van der Waals surface area (Å²) in [5.41, 5.74) is 1.85. The number of carbonyl (C=O) groups is 3. The van der Waals surface area contributed by atoms with Gasteiger partial charge in [0.15, 0.2) is 0 Å². The van der Waals surface area contributed by atoms with Gasteiger partial charge < -0.3 is 20.3 Å². The lowest BCUT2D eigenvalue weighted by molar-refractivity contribution is -0.274. The number of piperazine rings is 1. The van der Waals surface area contributed by atoms with Crippen LogP contribution in [0.4, 0.5) is 24.5 Å². The Labute approximate surface area is 200 Å². The average Bonchev–Trinajstić information content (AvgIpc) is 2.79. The van der Waals surface area contributed by atoms with E-state index in [2.05, 4.69) is 15.4 Å². The van der Waals surface area contributed by atoms with E-state index in [0.717, 1.165) is 17.7 Å². The number of benzene rings is 2. The number of halogens is 3. The molecule has 2 aromatic rings. The summed E-state index contributed by atoms with van der Waals surface area (Å²) >= 11 is 0. The Bertz CT molecular complexity index is 1060. The maximum Gasteiger partial charge on any atom is 0.573 e. The first-order chi connectivity index (χ1) is 16.6. The van der Waals surface area contributed by atoms with Crippen LogP contribution in [-0.4, -0.2) is 66.6 Å². The number of alkyl halides is 3. The van der Waals surface area contributed by atoms with Crippen molar-refractivity contribution in [2.45, 2.75) is 13.3 Å². The Balaban J connectivity index is 1.41. The second-order valence-corrected chi connectivity index (χ2v) is 7.86. The zero-order valence-corrected chi connectivity index (χ0v) is 19.0. The highest BCUT2D eigenvalue weighted by molar-refractivity contribution is 5.93. The van der Waals surface area contributed by atoms with Crippen molar-refractivity contribution in [2.24, 2.45) is 0 Å². The van der Waals surface area contributed by atoms with E-state index in [1.54, 1.807) is 35.2 Å². The van der Waals surface area contributed by atoms with E-state index >= 15 is 0 Å². The number of carbonyl (C=O) groups excluding carboxylic acids is 3. The predicted octanol–water partition coefficient (Wildman–Crippen LogP) is 3.34. The fourth-order valence-electron chi connectivity index (χ4n) is 3.42. The fraction of sp³-hybridized carbons (Fsp3) is 0.292. The molecule has 0 spiro atoms. The highest BCUT2D eigenvalue weighted by atomic mass is 19.4. The molecule has 35 heavy (non-hydrogen) atoms. The van der Waals surface area contributed by atoms with E-state index in [0.29, 0.717) is 37.6 Å². The summed E-state index contributed by atoms with van der Waals surface area (Å²) in [5.74, 6) is -0.973. The Morgan fingerprint density at radius 3 is 2.06 bits per heavy atom. The van der Waals surface area contributed by atoms with E-state index in [4.69, 9.17) is 0 Å². The third-order valence-corrected chi connectivity index (χ3v) is 5.07. The van der Waals surface area contributed by atoms with Gasteiger partial charge in [-0.3, -0.25) is 19.3 Å². The van der Waals surface area contributed by atoms with Gasteiger partial charge in [0.1, 0.15) is 5.75 Å². The zero-order chi connectivity index (χ0) is 25.4. The van der Waals surface area contributed by atoms with E-state index in [1.807, 2.05) is 4.90 Å². The molecular formula is C24H25F3N4O4. The van der Waals surface area contributed by atoms with Crippen LogP contribution in [0.1, 0.15) is 12.5 Å². The van der Waals surface area contributed by atoms with Crippen LogP contribution >= 0.6 is 0 Å². The third kappa shape index (κ3) is 8.78.